The van der Waals surface area contributed by atoms with E-state index in [9.17, 15) is 9.59 Å². The van der Waals surface area contributed by atoms with E-state index in [1.54, 1.807) is 23.9 Å². The summed E-state index contributed by atoms with van der Waals surface area (Å²) in [7, 11) is 1.54. The molecule has 30 heavy (non-hydrogen) atoms. The zero-order chi connectivity index (χ0) is 21.7. The molecule has 0 saturated carbocycles. The molecule has 3 aromatic rings. The number of aromatic nitrogens is 2. The number of benzene rings is 2. The number of carbonyl (C=O) groups is 2. The predicted octanol–water partition coefficient (Wildman–Crippen LogP) is 3.53. The molecule has 7 heteroatoms. The second-order valence-corrected chi connectivity index (χ2v) is 6.99. The minimum absolute atomic E-state index is 0.0285. The summed E-state index contributed by atoms with van der Waals surface area (Å²) in [6.45, 7) is 5.35. The molecule has 3 rings (SSSR count). The Morgan fingerprint density at radius 2 is 1.73 bits per heavy atom. The van der Waals surface area contributed by atoms with Crippen molar-refractivity contribution < 1.29 is 19.1 Å². The van der Waals surface area contributed by atoms with Crippen LogP contribution in [0.4, 0.5) is 5.69 Å². The highest BCUT2D eigenvalue weighted by Gasteiger charge is 2.17. The topological polar surface area (TPSA) is 82.4 Å². The molecule has 7 nitrogen and oxygen atoms in total. The lowest BCUT2D eigenvalue weighted by atomic mass is 10.1. The van der Waals surface area contributed by atoms with Gasteiger partial charge in [0.15, 0.2) is 6.61 Å². The van der Waals surface area contributed by atoms with Gasteiger partial charge in [-0.3, -0.25) is 9.59 Å². The number of aryl methyl sites for hydroxylation is 2. The van der Waals surface area contributed by atoms with Crippen molar-refractivity contribution in [1.29, 1.82) is 0 Å². The molecule has 0 saturated heterocycles. The summed E-state index contributed by atoms with van der Waals surface area (Å²) in [6, 6.07) is 15.1. The standard InChI is InChI=1S/C23H25N3O4/c1-15-9-11-19(12-10-15)26-17(3)23(16(2)25-26)24-21(27)14-30-22(28)13-18-7-5-6-8-20(18)29-4/h5-12H,13-14H2,1-4H3,(H,24,27). The first-order valence-electron chi connectivity index (χ1n) is 9.59. The summed E-state index contributed by atoms with van der Waals surface area (Å²) in [5, 5.41) is 7.31. The second kappa shape index (κ2) is 9.26. The molecular weight excluding hydrogens is 382 g/mol. The predicted molar refractivity (Wildman–Crippen MR) is 114 cm³/mol. The van der Waals surface area contributed by atoms with Gasteiger partial charge in [0.25, 0.3) is 5.91 Å². The van der Waals surface area contributed by atoms with Crippen LogP contribution in [0.15, 0.2) is 48.5 Å². The molecule has 1 aromatic heterocycles. The van der Waals surface area contributed by atoms with Crippen LogP contribution in [0.3, 0.4) is 0 Å². The van der Waals surface area contributed by atoms with Crippen molar-refractivity contribution in [1.82, 2.24) is 9.78 Å². The van der Waals surface area contributed by atoms with Gasteiger partial charge in [-0.15, -0.1) is 0 Å². The van der Waals surface area contributed by atoms with Gasteiger partial charge in [0, 0.05) is 5.56 Å². The highest BCUT2D eigenvalue weighted by molar-refractivity contribution is 5.94. The van der Waals surface area contributed by atoms with Crippen LogP contribution in [0.2, 0.25) is 0 Å². The molecule has 1 heterocycles. The molecule has 0 unspecified atom stereocenters. The number of anilines is 1. The third kappa shape index (κ3) is 4.86. The van der Waals surface area contributed by atoms with Crippen molar-refractivity contribution in [2.24, 2.45) is 0 Å². The van der Waals surface area contributed by atoms with E-state index in [2.05, 4.69) is 10.4 Å². The second-order valence-electron chi connectivity index (χ2n) is 6.99. The molecule has 0 spiro atoms. The fraction of sp³-hybridized carbons (Fsp3) is 0.261. The fourth-order valence-electron chi connectivity index (χ4n) is 3.14. The van der Waals surface area contributed by atoms with Crippen molar-refractivity contribution in [3.8, 4) is 11.4 Å². The Balaban J connectivity index is 1.61. The smallest absolute Gasteiger partial charge is 0.310 e. The maximum absolute atomic E-state index is 12.3. The molecule has 0 radical (unpaired) electrons. The van der Waals surface area contributed by atoms with Crippen LogP contribution in [0.5, 0.6) is 5.75 Å². The number of amides is 1. The van der Waals surface area contributed by atoms with Gasteiger partial charge in [-0.25, -0.2) is 4.68 Å². The molecule has 0 aliphatic rings. The van der Waals surface area contributed by atoms with Gasteiger partial charge < -0.3 is 14.8 Å². The van der Waals surface area contributed by atoms with Crippen LogP contribution in [-0.2, 0) is 20.7 Å². The number of para-hydroxylation sites is 1. The highest BCUT2D eigenvalue weighted by Crippen LogP contribution is 2.23. The van der Waals surface area contributed by atoms with Crippen LogP contribution >= 0.6 is 0 Å². The van der Waals surface area contributed by atoms with Crippen LogP contribution in [0.1, 0.15) is 22.5 Å². The van der Waals surface area contributed by atoms with E-state index in [-0.39, 0.29) is 13.0 Å². The molecule has 0 atom stereocenters. The fourth-order valence-corrected chi connectivity index (χ4v) is 3.14. The van der Waals surface area contributed by atoms with E-state index in [4.69, 9.17) is 9.47 Å². The molecule has 1 N–H and O–H groups in total. The summed E-state index contributed by atoms with van der Waals surface area (Å²) in [5.74, 6) is -0.315. The number of carbonyl (C=O) groups excluding carboxylic acids is 2. The Morgan fingerprint density at radius 1 is 1.03 bits per heavy atom. The van der Waals surface area contributed by atoms with E-state index in [1.807, 2.05) is 57.2 Å². The maximum Gasteiger partial charge on any atom is 0.310 e. The van der Waals surface area contributed by atoms with E-state index >= 15 is 0 Å². The normalized spacial score (nSPS) is 10.5. The highest BCUT2D eigenvalue weighted by atomic mass is 16.5. The Hall–Kier alpha value is -3.61. The first-order valence-corrected chi connectivity index (χ1v) is 9.59. The van der Waals surface area contributed by atoms with Crippen molar-refractivity contribution in [2.45, 2.75) is 27.2 Å². The lowest BCUT2D eigenvalue weighted by Gasteiger charge is -2.09. The quantitative estimate of drug-likeness (QED) is 0.606. The molecule has 156 valence electrons. The van der Waals surface area contributed by atoms with Crippen LogP contribution in [0.25, 0.3) is 5.69 Å². The van der Waals surface area contributed by atoms with Crippen molar-refractivity contribution in [3.05, 3.63) is 71.0 Å². The van der Waals surface area contributed by atoms with E-state index in [0.29, 0.717) is 22.7 Å². The zero-order valence-corrected chi connectivity index (χ0v) is 17.6. The van der Waals surface area contributed by atoms with Crippen molar-refractivity contribution in [3.63, 3.8) is 0 Å². The number of nitrogens with one attached hydrogen (secondary N) is 1. The molecular formula is C23H25N3O4. The SMILES string of the molecule is COc1ccccc1CC(=O)OCC(=O)Nc1c(C)nn(-c2ccc(C)cc2)c1C. The Morgan fingerprint density at radius 3 is 2.43 bits per heavy atom. The van der Waals surface area contributed by atoms with E-state index < -0.39 is 11.9 Å². The maximum atomic E-state index is 12.3. The molecule has 1 amide bonds. The van der Waals surface area contributed by atoms with Crippen molar-refractivity contribution >= 4 is 17.6 Å². The number of nitrogens with zero attached hydrogens (tertiary/aromatic N) is 2. The monoisotopic (exact) mass is 407 g/mol. The minimum atomic E-state index is -0.501. The summed E-state index contributed by atoms with van der Waals surface area (Å²) >= 11 is 0. The molecule has 2 aromatic carbocycles. The van der Waals surface area contributed by atoms with E-state index in [1.165, 1.54) is 0 Å². The van der Waals surface area contributed by atoms with Gasteiger partial charge >= 0.3 is 5.97 Å². The van der Waals surface area contributed by atoms with Crippen LogP contribution in [0, 0.1) is 20.8 Å². The van der Waals surface area contributed by atoms with Gasteiger partial charge in [-0.1, -0.05) is 35.9 Å². The van der Waals surface area contributed by atoms with Gasteiger partial charge in [0.1, 0.15) is 5.75 Å². The largest absolute Gasteiger partial charge is 0.496 e. The number of rotatable bonds is 7. The van der Waals surface area contributed by atoms with Gasteiger partial charge in [0.05, 0.1) is 36.3 Å². The molecule has 0 aliphatic heterocycles. The first kappa shape index (κ1) is 21.1. The lowest BCUT2D eigenvalue weighted by Crippen LogP contribution is -2.22. The van der Waals surface area contributed by atoms with Gasteiger partial charge in [-0.05, 0) is 39.0 Å². The average molecular weight is 407 g/mol. The molecule has 0 aliphatic carbocycles. The van der Waals surface area contributed by atoms with Gasteiger partial charge in [0.2, 0.25) is 0 Å². The Labute approximate surface area is 175 Å². The summed E-state index contributed by atoms with van der Waals surface area (Å²) in [5.41, 5.74) is 4.86. The Bertz CT molecular complexity index is 1050. The number of hydrogen-bond acceptors (Lipinski definition) is 5. The average Bonchev–Trinajstić information content (AvgIpc) is 3.01. The number of esters is 1. The number of hydrogen-bond donors (Lipinski definition) is 1. The summed E-state index contributed by atoms with van der Waals surface area (Å²) < 4.78 is 12.1. The van der Waals surface area contributed by atoms with Gasteiger partial charge in [-0.2, -0.15) is 5.10 Å². The Kier molecular flexibility index (Phi) is 6.51. The number of methoxy groups -OCH3 is 1. The molecule has 0 fully saturated rings. The lowest BCUT2D eigenvalue weighted by molar-refractivity contribution is -0.146. The zero-order valence-electron chi connectivity index (χ0n) is 17.6. The van der Waals surface area contributed by atoms with Crippen LogP contribution < -0.4 is 10.1 Å². The van der Waals surface area contributed by atoms with Crippen molar-refractivity contribution in [2.75, 3.05) is 19.0 Å². The summed E-state index contributed by atoms with van der Waals surface area (Å²) in [4.78, 5) is 24.5. The third-order valence-corrected chi connectivity index (χ3v) is 4.73. The third-order valence-electron chi connectivity index (χ3n) is 4.73. The first-order chi connectivity index (χ1) is 14.4. The van der Waals surface area contributed by atoms with E-state index in [0.717, 1.165) is 16.9 Å². The molecule has 0 bridgehead atoms. The van der Waals surface area contributed by atoms with Crippen LogP contribution in [-0.4, -0.2) is 35.4 Å². The summed E-state index contributed by atoms with van der Waals surface area (Å²) in [6.07, 6.45) is 0.0285. The number of ether oxygens (including phenoxy) is 2. The minimum Gasteiger partial charge on any atom is -0.496 e.